The molecule has 0 aliphatic carbocycles. The fourth-order valence-electron chi connectivity index (χ4n) is 5.12. The van der Waals surface area contributed by atoms with Crippen LogP contribution in [0.2, 0.25) is 0 Å². The molecule has 0 unspecified atom stereocenters. The molecule has 3 aliphatic rings. The largest absolute Gasteiger partial charge is 0.497 e. The number of carbonyl (C=O) groups is 4. The van der Waals surface area contributed by atoms with Crippen LogP contribution in [0.15, 0.2) is 65.9 Å². The quantitative estimate of drug-likeness (QED) is 0.334. The SMILES string of the molecule is COc1ccc(COC(=O)C2=C([C@H]3CC[C@@H](COC(C)=O)O3)CS[C@@H]3[C@H](NC(=O)Cc4ccccc4)C(=O)N23)cc1. The zero-order valence-electron chi connectivity index (χ0n) is 22.9. The van der Waals surface area contributed by atoms with Crippen LogP contribution in [0.25, 0.3) is 0 Å². The number of methoxy groups -OCH3 is 1. The first-order valence-corrected chi connectivity index (χ1v) is 14.5. The summed E-state index contributed by atoms with van der Waals surface area (Å²) >= 11 is 1.47. The van der Waals surface area contributed by atoms with Crippen molar-refractivity contribution in [3.63, 3.8) is 0 Å². The van der Waals surface area contributed by atoms with E-state index in [1.165, 1.54) is 23.6 Å². The number of β-lactam (4-membered cyclic amide) rings is 1. The van der Waals surface area contributed by atoms with Crippen LogP contribution in [0.3, 0.4) is 0 Å². The van der Waals surface area contributed by atoms with Crippen molar-refractivity contribution in [1.29, 1.82) is 0 Å². The van der Waals surface area contributed by atoms with Gasteiger partial charge in [-0.15, -0.1) is 11.8 Å². The summed E-state index contributed by atoms with van der Waals surface area (Å²) in [5.74, 6) is -0.535. The molecule has 2 amide bonds. The molecule has 2 aromatic rings. The molecule has 0 saturated carbocycles. The van der Waals surface area contributed by atoms with E-state index in [0.29, 0.717) is 29.9 Å². The van der Waals surface area contributed by atoms with Gasteiger partial charge in [-0.25, -0.2) is 4.79 Å². The number of thioether (sulfide) groups is 1. The molecule has 41 heavy (non-hydrogen) atoms. The third-order valence-corrected chi connectivity index (χ3v) is 8.51. The predicted octanol–water partition coefficient (Wildman–Crippen LogP) is 2.75. The van der Waals surface area contributed by atoms with Gasteiger partial charge >= 0.3 is 11.9 Å². The van der Waals surface area contributed by atoms with Crippen molar-refractivity contribution in [3.8, 4) is 5.75 Å². The zero-order valence-corrected chi connectivity index (χ0v) is 23.7. The van der Waals surface area contributed by atoms with Crippen molar-refractivity contribution in [2.45, 2.75) is 56.4 Å². The number of rotatable bonds is 10. The molecule has 2 saturated heterocycles. The maximum Gasteiger partial charge on any atom is 0.355 e. The van der Waals surface area contributed by atoms with E-state index in [0.717, 1.165) is 11.1 Å². The number of hydrogen-bond acceptors (Lipinski definition) is 9. The summed E-state index contributed by atoms with van der Waals surface area (Å²) in [7, 11) is 1.57. The minimum atomic E-state index is -0.747. The summed E-state index contributed by atoms with van der Waals surface area (Å²) in [6, 6.07) is 15.7. The van der Waals surface area contributed by atoms with Crippen molar-refractivity contribution in [3.05, 3.63) is 77.0 Å². The Bertz CT molecular complexity index is 1330. The molecule has 1 N–H and O–H groups in total. The summed E-state index contributed by atoms with van der Waals surface area (Å²) in [4.78, 5) is 52.3. The topological polar surface area (TPSA) is 120 Å². The molecule has 11 heteroatoms. The Hall–Kier alpha value is -3.83. The minimum absolute atomic E-state index is 0.0112. The van der Waals surface area contributed by atoms with Gasteiger partial charge in [0.15, 0.2) is 0 Å². The summed E-state index contributed by atoms with van der Waals surface area (Å²) in [6.07, 6.45) is 0.691. The van der Waals surface area contributed by atoms with Crippen molar-refractivity contribution in [1.82, 2.24) is 10.2 Å². The average molecular weight is 581 g/mol. The Balaban J connectivity index is 1.32. The number of esters is 2. The molecule has 0 bridgehead atoms. The molecule has 0 spiro atoms. The molecule has 0 radical (unpaired) electrons. The van der Waals surface area contributed by atoms with E-state index in [9.17, 15) is 19.2 Å². The number of amides is 2. The molecule has 4 atom stereocenters. The highest BCUT2D eigenvalue weighted by atomic mass is 32.2. The van der Waals surface area contributed by atoms with Crippen LogP contribution in [-0.2, 0) is 46.4 Å². The van der Waals surface area contributed by atoms with E-state index in [-0.39, 0.29) is 49.2 Å². The number of ether oxygens (including phenoxy) is 4. The van der Waals surface area contributed by atoms with Gasteiger partial charge in [-0.05, 0) is 41.7 Å². The van der Waals surface area contributed by atoms with Gasteiger partial charge < -0.3 is 24.3 Å². The first-order valence-electron chi connectivity index (χ1n) is 13.4. The van der Waals surface area contributed by atoms with Crippen LogP contribution in [0, 0.1) is 0 Å². The summed E-state index contributed by atoms with van der Waals surface area (Å²) in [6.45, 7) is 1.48. The molecular formula is C30H32N2O8S. The third kappa shape index (κ3) is 6.57. The minimum Gasteiger partial charge on any atom is -0.497 e. The van der Waals surface area contributed by atoms with E-state index in [2.05, 4.69) is 5.32 Å². The second-order valence-electron chi connectivity index (χ2n) is 10.0. The van der Waals surface area contributed by atoms with Crippen LogP contribution < -0.4 is 10.1 Å². The molecule has 0 aromatic heterocycles. The highest BCUT2D eigenvalue weighted by molar-refractivity contribution is 8.00. The van der Waals surface area contributed by atoms with Gasteiger partial charge in [0.2, 0.25) is 5.91 Å². The Morgan fingerprint density at radius 3 is 2.49 bits per heavy atom. The summed E-state index contributed by atoms with van der Waals surface area (Å²) < 4.78 is 22.1. The highest BCUT2D eigenvalue weighted by Crippen LogP contribution is 2.43. The Labute approximate surface area is 242 Å². The first-order chi connectivity index (χ1) is 19.8. The molecular weight excluding hydrogens is 548 g/mol. The van der Waals surface area contributed by atoms with Crippen LogP contribution in [-0.4, -0.2) is 71.7 Å². The number of hydrogen-bond donors (Lipinski definition) is 1. The molecule has 5 rings (SSSR count). The Morgan fingerprint density at radius 2 is 1.78 bits per heavy atom. The first kappa shape index (κ1) is 28.7. The van der Waals surface area contributed by atoms with Gasteiger partial charge in [0.1, 0.15) is 36.1 Å². The standard InChI is InChI=1S/C30H32N2O8S/c1-18(33)38-16-22-12-13-24(40-22)23-17-41-29-26(31-25(34)14-19-6-4-3-5-7-19)28(35)32(29)27(23)30(36)39-15-20-8-10-21(37-2)11-9-20/h3-11,22,24,26,29H,12-17H2,1-2H3,(H,31,34)/t22-,24+,26+,29+/m0/s1. The van der Waals surface area contributed by atoms with Gasteiger partial charge in [0.05, 0.1) is 25.7 Å². The summed E-state index contributed by atoms with van der Waals surface area (Å²) in [5.41, 5.74) is 2.44. The predicted molar refractivity (Wildman–Crippen MR) is 150 cm³/mol. The van der Waals surface area contributed by atoms with Crippen molar-refractivity contribution >= 4 is 35.5 Å². The Morgan fingerprint density at radius 1 is 1.02 bits per heavy atom. The molecule has 2 fully saturated rings. The van der Waals surface area contributed by atoms with Crippen molar-refractivity contribution < 1.29 is 38.1 Å². The van der Waals surface area contributed by atoms with E-state index in [1.807, 2.05) is 30.3 Å². The van der Waals surface area contributed by atoms with Crippen molar-refractivity contribution in [2.24, 2.45) is 0 Å². The number of carbonyl (C=O) groups excluding carboxylic acids is 4. The lowest BCUT2D eigenvalue weighted by Gasteiger charge is -2.50. The molecule has 2 aromatic carbocycles. The van der Waals surface area contributed by atoms with E-state index >= 15 is 0 Å². The second kappa shape index (κ2) is 12.8. The second-order valence-corrected chi connectivity index (χ2v) is 11.1. The van der Waals surface area contributed by atoms with Crippen LogP contribution in [0.5, 0.6) is 5.75 Å². The summed E-state index contributed by atoms with van der Waals surface area (Å²) in [5, 5.41) is 2.41. The average Bonchev–Trinajstić information content (AvgIpc) is 3.46. The smallest absolute Gasteiger partial charge is 0.355 e. The van der Waals surface area contributed by atoms with Gasteiger partial charge in [-0.3, -0.25) is 19.3 Å². The van der Waals surface area contributed by atoms with Crippen LogP contribution >= 0.6 is 11.8 Å². The van der Waals surface area contributed by atoms with E-state index in [1.54, 1.807) is 31.4 Å². The van der Waals surface area contributed by atoms with Gasteiger partial charge in [0.25, 0.3) is 5.91 Å². The maximum absolute atomic E-state index is 13.5. The molecule has 3 heterocycles. The monoisotopic (exact) mass is 580 g/mol. The lowest BCUT2D eigenvalue weighted by atomic mass is 9.98. The fraction of sp³-hybridized carbons (Fsp3) is 0.400. The molecule has 10 nitrogen and oxygen atoms in total. The van der Waals surface area contributed by atoms with Crippen LogP contribution in [0.1, 0.15) is 30.9 Å². The third-order valence-electron chi connectivity index (χ3n) is 7.21. The lowest BCUT2D eigenvalue weighted by Crippen LogP contribution is -2.71. The normalized spacial score (nSPS) is 23.4. The van der Waals surface area contributed by atoms with Gasteiger partial charge in [0, 0.05) is 12.7 Å². The molecule has 216 valence electrons. The van der Waals surface area contributed by atoms with Gasteiger partial charge in [-0.2, -0.15) is 0 Å². The van der Waals surface area contributed by atoms with Gasteiger partial charge in [-0.1, -0.05) is 42.5 Å². The number of nitrogens with zero attached hydrogens (tertiary/aromatic N) is 1. The van der Waals surface area contributed by atoms with E-state index < -0.39 is 23.5 Å². The maximum atomic E-state index is 13.5. The Kier molecular flexibility index (Phi) is 8.94. The van der Waals surface area contributed by atoms with Crippen LogP contribution in [0.4, 0.5) is 0 Å². The lowest BCUT2D eigenvalue weighted by molar-refractivity contribution is -0.153. The number of benzene rings is 2. The number of fused-ring (bicyclic) bond motifs is 1. The zero-order chi connectivity index (χ0) is 28.9. The molecule has 3 aliphatic heterocycles. The van der Waals surface area contributed by atoms with Crippen molar-refractivity contribution in [2.75, 3.05) is 19.5 Å². The number of nitrogens with one attached hydrogen (secondary N) is 1. The highest BCUT2D eigenvalue weighted by Gasteiger charge is 2.55. The van der Waals surface area contributed by atoms with E-state index in [4.69, 9.17) is 18.9 Å². The fourth-order valence-corrected chi connectivity index (χ4v) is 6.53.